The summed E-state index contributed by atoms with van der Waals surface area (Å²) in [7, 11) is 3.07. The van der Waals surface area contributed by atoms with Crippen molar-refractivity contribution in [2.45, 2.75) is 19.9 Å². The Morgan fingerprint density at radius 1 is 1.18 bits per heavy atom. The van der Waals surface area contributed by atoms with Crippen molar-refractivity contribution in [1.29, 1.82) is 0 Å². The Kier molecular flexibility index (Phi) is 6.65. The van der Waals surface area contributed by atoms with E-state index in [1.165, 1.54) is 17.7 Å². The Morgan fingerprint density at radius 2 is 1.91 bits per heavy atom. The molecule has 1 atom stereocenters. The lowest BCUT2D eigenvalue weighted by Crippen LogP contribution is -2.40. The van der Waals surface area contributed by atoms with Crippen LogP contribution < -0.4 is 24.4 Å². The molecule has 0 unspecified atom stereocenters. The highest BCUT2D eigenvalue weighted by atomic mass is 32.1. The summed E-state index contributed by atoms with van der Waals surface area (Å²) in [5, 5.41) is 0. The van der Waals surface area contributed by atoms with Crippen LogP contribution in [0.3, 0.4) is 0 Å². The van der Waals surface area contributed by atoms with E-state index >= 15 is 0 Å². The molecule has 34 heavy (non-hydrogen) atoms. The van der Waals surface area contributed by atoms with Crippen LogP contribution in [0.15, 0.2) is 63.5 Å². The second-order valence-electron chi connectivity index (χ2n) is 7.44. The number of carbonyl (C=O) groups excluding carboxylic acids is 1. The molecule has 176 valence electrons. The molecular weight excluding hydrogens is 459 g/mol. The number of allylic oxidation sites excluding steroid dienone is 1. The topological polar surface area (TPSA) is 79.1 Å². The molecule has 0 radical (unpaired) electrons. The van der Waals surface area contributed by atoms with Gasteiger partial charge in [0, 0.05) is 5.56 Å². The number of carbonyl (C=O) groups is 1. The van der Waals surface area contributed by atoms with Gasteiger partial charge < -0.3 is 14.2 Å². The van der Waals surface area contributed by atoms with Crippen LogP contribution in [-0.2, 0) is 9.53 Å². The molecule has 2 heterocycles. The molecule has 4 rings (SSSR count). The average Bonchev–Trinajstić information content (AvgIpc) is 3.13. The van der Waals surface area contributed by atoms with Gasteiger partial charge in [-0.3, -0.25) is 9.36 Å². The van der Waals surface area contributed by atoms with Crippen LogP contribution >= 0.6 is 11.3 Å². The molecule has 7 nitrogen and oxygen atoms in total. The number of ether oxygens (including phenoxy) is 3. The van der Waals surface area contributed by atoms with Crippen LogP contribution in [0.2, 0.25) is 0 Å². The SMILES string of the molecule is CCOC(=O)C1=C(C)N=c2s/c(=C\c3ccc(OC)c(OC)c3)c(=O)n2[C@@H]1c1ccccc1F. The number of rotatable bonds is 6. The first kappa shape index (κ1) is 23.4. The zero-order chi connectivity index (χ0) is 24.4. The molecule has 1 aliphatic rings. The van der Waals surface area contributed by atoms with E-state index in [0.29, 0.717) is 32.1 Å². The van der Waals surface area contributed by atoms with E-state index in [0.717, 1.165) is 11.3 Å². The van der Waals surface area contributed by atoms with Crippen molar-refractivity contribution in [3.63, 3.8) is 0 Å². The molecule has 0 aliphatic carbocycles. The molecule has 0 spiro atoms. The van der Waals surface area contributed by atoms with Crippen molar-refractivity contribution < 1.29 is 23.4 Å². The van der Waals surface area contributed by atoms with Gasteiger partial charge in [-0.1, -0.05) is 35.6 Å². The molecule has 0 bridgehead atoms. The molecule has 0 amide bonds. The lowest BCUT2D eigenvalue weighted by molar-refractivity contribution is -0.139. The van der Waals surface area contributed by atoms with E-state index < -0.39 is 17.8 Å². The van der Waals surface area contributed by atoms with Crippen molar-refractivity contribution in [2.24, 2.45) is 4.99 Å². The van der Waals surface area contributed by atoms with Crippen LogP contribution in [0.25, 0.3) is 6.08 Å². The minimum Gasteiger partial charge on any atom is -0.493 e. The Bertz CT molecular complexity index is 1470. The van der Waals surface area contributed by atoms with Crippen LogP contribution in [0.1, 0.15) is 31.0 Å². The summed E-state index contributed by atoms with van der Waals surface area (Å²) >= 11 is 1.16. The Labute approximate surface area is 199 Å². The van der Waals surface area contributed by atoms with Gasteiger partial charge in [-0.05, 0) is 43.7 Å². The lowest BCUT2D eigenvalue weighted by atomic mass is 9.95. The first-order chi connectivity index (χ1) is 16.4. The van der Waals surface area contributed by atoms with E-state index in [4.69, 9.17) is 14.2 Å². The predicted octanol–water partition coefficient (Wildman–Crippen LogP) is 2.95. The Hall–Kier alpha value is -3.72. The number of aromatic nitrogens is 1. The summed E-state index contributed by atoms with van der Waals surface area (Å²) in [6, 6.07) is 10.4. The average molecular weight is 483 g/mol. The minimum atomic E-state index is -0.996. The molecule has 0 N–H and O–H groups in total. The third-order valence-electron chi connectivity index (χ3n) is 5.42. The maximum absolute atomic E-state index is 14.9. The number of hydrogen-bond acceptors (Lipinski definition) is 7. The number of hydrogen-bond donors (Lipinski definition) is 0. The van der Waals surface area contributed by atoms with Crippen LogP contribution in [0.4, 0.5) is 4.39 Å². The number of halogens is 1. The van der Waals surface area contributed by atoms with Crippen molar-refractivity contribution in [3.8, 4) is 11.5 Å². The Morgan fingerprint density at radius 3 is 2.59 bits per heavy atom. The fraction of sp³-hybridized carbons (Fsp3) is 0.240. The van der Waals surface area contributed by atoms with Crippen LogP contribution in [-0.4, -0.2) is 31.4 Å². The van der Waals surface area contributed by atoms with Crippen LogP contribution in [0, 0.1) is 5.82 Å². The zero-order valence-corrected chi connectivity index (χ0v) is 19.9. The molecule has 0 fully saturated rings. The van der Waals surface area contributed by atoms with Crippen molar-refractivity contribution in [2.75, 3.05) is 20.8 Å². The second-order valence-corrected chi connectivity index (χ2v) is 8.45. The lowest BCUT2D eigenvalue weighted by Gasteiger charge is -2.24. The number of thiazole rings is 1. The number of esters is 1. The molecular formula is C25H23FN2O5S. The summed E-state index contributed by atoms with van der Waals surface area (Å²) < 4.78 is 32.5. The standard InChI is InChI=1S/C25H23FN2O5S/c1-5-33-24(30)21-14(2)27-25-28(22(21)16-8-6-7-9-17(16)26)23(29)20(34-25)13-15-10-11-18(31-3)19(12-15)32-4/h6-13,22H,5H2,1-4H3/b20-13-/t22-/m1/s1. The van der Waals surface area contributed by atoms with Gasteiger partial charge in [0.25, 0.3) is 5.56 Å². The van der Waals surface area contributed by atoms with Gasteiger partial charge in [0.1, 0.15) is 11.9 Å². The maximum Gasteiger partial charge on any atom is 0.338 e. The molecule has 1 aromatic heterocycles. The van der Waals surface area contributed by atoms with Gasteiger partial charge in [-0.25, -0.2) is 14.2 Å². The highest BCUT2D eigenvalue weighted by molar-refractivity contribution is 7.07. The van der Waals surface area contributed by atoms with E-state index in [2.05, 4.69) is 4.99 Å². The molecule has 0 saturated carbocycles. The summed E-state index contributed by atoms with van der Waals surface area (Å²) in [5.74, 6) is -0.0753. The highest BCUT2D eigenvalue weighted by Gasteiger charge is 2.34. The van der Waals surface area contributed by atoms with Gasteiger partial charge in [-0.15, -0.1) is 0 Å². The van der Waals surface area contributed by atoms with Gasteiger partial charge in [0.2, 0.25) is 0 Å². The van der Waals surface area contributed by atoms with E-state index in [9.17, 15) is 14.0 Å². The Balaban J connectivity index is 1.95. The predicted molar refractivity (Wildman–Crippen MR) is 126 cm³/mol. The third kappa shape index (κ3) is 4.14. The van der Waals surface area contributed by atoms with Crippen molar-refractivity contribution in [1.82, 2.24) is 4.57 Å². The van der Waals surface area contributed by atoms with Gasteiger partial charge >= 0.3 is 5.97 Å². The smallest absolute Gasteiger partial charge is 0.338 e. The first-order valence-corrected chi connectivity index (χ1v) is 11.4. The summed E-state index contributed by atoms with van der Waals surface area (Å²) in [4.78, 5) is 31.3. The fourth-order valence-electron chi connectivity index (χ4n) is 3.88. The number of methoxy groups -OCH3 is 2. The fourth-order valence-corrected chi connectivity index (χ4v) is 4.92. The summed E-state index contributed by atoms with van der Waals surface area (Å²) in [5.41, 5.74) is 1.04. The van der Waals surface area contributed by atoms with Crippen molar-refractivity contribution >= 4 is 23.4 Å². The third-order valence-corrected chi connectivity index (χ3v) is 6.41. The van der Waals surface area contributed by atoms with Crippen LogP contribution in [0.5, 0.6) is 11.5 Å². The second kappa shape index (κ2) is 9.64. The molecule has 0 saturated heterocycles. The van der Waals surface area contributed by atoms with Gasteiger partial charge in [0.05, 0.1) is 36.6 Å². The molecule has 1 aliphatic heterocycles. The maximum atomic E-state index is 14.9. The molecule has 3 aromatic rings. The quantitative estimate of drug-likeness (QED) is 0.505. The highest BCUT2D eigenvalue weighted by Crippen LogP contribution is 2.32. The zero-order valence-electron chi connectivity index (χ0n) is 19.1. The van der Waals surface area contributed by atoms with E-state index in [1.807, 2.05) is 0 Å². The minimum absolute atomic E-state index is 0.136. The molecule has 2 aromatic carbocycles. The van der Waals surface area contributed by atoms with E-state index in [1.54, 1.807) is 63.4 Å². The monoisotopic (exact) mass is 482 g/mol. The van der Waals surface area contributed by atoms with Crippen molar-refractivity contribution in [3.05, 3.63) is 90.4 Å². The first-order valence-electron chi connectivity index (χ1n) is 10.6. The number of fused-ring (bicyclic) bond motifs is 1. The summed E-state index contributed by atoms with van der Waals surface area (Å²) in [6.45, 7) is 3.49. The normalized spacial score (nSPS) is 15.6. The summed E-state index contributed by atoms with van der Waals surface area (Å²) in [6.07, 6.45) is 1.70. The van der Waals surface area contributed by atoms with E-state index in [-0.39, 0.29) is 23.3 Å². The largest absolute Gasteiger partial charge is 0.493 e. The van der Waals surface area contributed by atoms with Gasteiger partial charge in [0.15, 0.2) is 16.3 Å². The number of nitrogens with zero attached hydrogens (tertiary/aromatic N) is 2. The van der Waals surface area contributed by atoms with Gasteiger partial charge in [-0.2, -0.15) is 0 Å². The molecule has 9 heteroatoms. The number of benzene rings is 2.